The minimum absolute atomic E-state index is 0.0248. The van der Waals surface area contributed by atoms with Crippen molar-refractivity contribution in [2.45, 2.75) is 13.1 Å². The van der Waals surface area contributed by atoms with Gasteiger partial charge in [-0.15, -0.1) is 0 Å². The molecule has 0 aromatic carbocycles. The molecule has 0 amide bonds. The zero-order chi connectivity index (χ0) is 16.0. The van der Waals surface area contributed by atoms with Gasteiger partial charge in [0, 0.05) is 13.1 Å². The Bertz CT molecular complexity index is 497. The van der Waals surface area contributed by atoms with Crippen molar-refractivity contribution in [1.29, 1.82) is 0 Å². The molecule has 0 aliphatic heterocycles. The molecule has 1 aromatic rings. The lowest BCUT2D eigenvalue weighted by Gasteiger charge is -2.23. The van der Waals surface area contributed by atoms with Gasteiger partial charge in [-0.2, -0.15) is 18.2 Å². The number of nitrogens with zero attached hydrogens (tertiary/aromatic N) is 4. The van der Waals surface area contributed by atoms with Gasteiger partial charge in [0.1, 0.15) is 12.7 Å². The molecule has 1 rings (SSSR count). The van der Waals surface area contributed by atoms with Crippen LogP contribution in [0.3, 0.4) is 0 Å². The first-order valence-corrected chi connectivity index (χ1v) is 5.96. The predicted octanol–water partition coefficient (Wildman–Crippen LogP) is 1.18. The van der Waals surface area contributed by atoms with Gasteiger partial charge in [-0.1, -0.05) is 0 Å². The van der Waals surface area contributed by atoms with E-state index in [4.69, 9.17) is 5.11 Å². The van der Waals surface area contributed by atoms with Crippen molar-refractivity contribution in [2.75, 3.05) is 36.5 Å². The Labute approximate surface area is 117 Å². The Kier molecular flexibility index (Phi) is 5.64. The zero-order valence-electron chi connectivity index (χ0n) is 11.1. The Hall–Kier alpha value is -2.17. The number of nitrogens with one attached hydrogen (secondary N) is 1. The molecule has 0 aliphatic rings. The normalized spacial score (nSPS) is 11.3. The summed E-state index contributed by atoms with van der Waals surface area (Å²) in [6.45, 7) is -0.393. The molecule has 0 spiro atoms. The SMILES string of the molecule is CCNc1ncc([N+](=O)[O-])c(N(CCO)CC(F)(F)F)n1. The first kappa shape index (κ1) is 16.9. The topological polar surface area (TPSA) is 104 Å². The maximum atomic E-state index is 12.5. The third-order valence-corrected chi connectivity index (χ3v) is 2.32. The highest BCUT2D eigenvalue weighted by Gasteiger charge is 2.34. The van der Waals surface area contributed by atoms with Gasteiger partial charge in [-0.05, 0) is 6.92 Å². The van der Waals surface area contributed by atoms with Crippen LogP contribution in [0, 0.1) is 10.1 Å². The lowest BCUT2D eigenvalue weighted by atomic mass is 10.4. The molecule has 0 bridgehead atoms. The molecular weight excluding hydrogens is 295 g/mol. The molecule has 11 heteroatoms. The van der Waals surface area contributed by atoms with Crippen molar-refractivity contribution in [2.24, 2.45) is 0 Å². The van der Waals surface area contributed by atoms with Crippen LogP contribution >= 0.6 is 0 Å². The van der Waals surface area contributed by atoms with E-state index in [-0.39, 0.29) is 5.95 Å². The molecule has 0 unspecified atom stereocenters. The number of alkyl halides is 3. The van der Waals surface area contributed by atoms with Gasteiger partial charge in [0.25, 0.3) is 0 Å². The summed E-state index contributed by atoms with van der Waals surface area (Å²) in [6.07, 6.45) is -3.76. The molecule has 0 saturated carbocycles. The fourth-order valence-electron chi connectivity index (χ4n) is 1.57. The third kappa shape index (κ3) is 5.02. The summed E-state index contributed by atoms with van der Waals surface area (Å²) in [5.41, 5.74) is -0.658. The van der Waals surface area contributed by atoms with Gasteiger partial charge in [-0.25, -0.2) is 4.98 Å². The van der Waals surface area contributed by atoms with Crippen molar-refractivity contribution in [3.05, 3.63) is 16.3 Å². The molecule has 0 saturated heterocycles. The molecule has 1 aromatic heterocycles. The van der Waals surface area contributed by atoms with E-state index in [9.17, 15) is 23.3 Å². The maximum absolute atomic E-state index is 12.5. The van der Waals surface area contributed by atoms with E-state index in [1.807, 2.05) is 0 Å². The van der Waals surface area contributed by atoms with E-state index < -0.39 is 42.3 Å². The van der Waals surface area contributed by atoms with Gasteiger partial charge < -0.3 is 15.3 Å². The average Bonchev–Trinajstić information content (AvgIpc) is 2.36. The number of rotatable bonds is 7. The second-order valence-electron chi connectivity index (χ2n) is 3.95. The number of hydrogen-bond acceptors (Lipinski definition) is 7. The first-order valence-electron chi connectivity index (χ1n) is 5.96. The molecule has 118 valence electrons. The van der Waals surface area contributed by atoms with Crippen LogP contribution in [0.5, 0.6) is 0 Å². The Balaban J connectivity index is 3.24. The summed E-state index contributed by atoms with van der Waals surface area (Å²) < 4.78 is 37.6. The second kappa shape index (κ2) is 7.02. The highest BCUT2D eigenvalue weighted by molar-refractivity contribution is 5.59. The molecule has 0 fully saturated rings. The quantitative estimate of drug-likeness (QED) is 0.575. The van der Waals surface area contributed by atoms with E-state index in [0.717, 1.165) is 6.20 Å². The minimum atomic E-state index is -4.59. The van der Waals surface area contributed by atoms with Crippen LogP contribution in [0.4, 0.5) is 30.6 Å². The van der Waals surface area contributed by atoms with Crippen LogP contribution in [-0.4, -0.2) is 52.4 Å². The van der Waals surface area contributed by atoms with Crippen LogP contribution in [0.1, 0.15) is 6.92 Å². The first-order chi connectivity index (χ1) is 9.78. The predicted molar refractivity (Wildman–Crippen MR) is 68.2 cm³/mol. The van der Waals surface area contributed by atoms with Crippen LogP contribution < -0.4 is 10.2 Å². The van der Waals surface area contributed by atoms with E-state index in [1.54, 1.807) is 6.92 Å². The lowest BCUT2D eigenvalue weighted by molar-refractivity contribution is -0.384. The number of aliphatic hydroxyl groups is 1. The number of nitro groups is 1. The zero-order valence-corrected chi connectivity index (χ0v) is 11.1. The van der Waals surface area contributed by atoms with Crippen molar-refractivity contribution >= 4 is 17.5 Å². The largest absolute Gasteiger partial charge is 0.405 e. The van der Waals surface area contributed by atoms with Crippen LogP contribution in [-0.2, 0) is 0 Å². The van der Waals surface area contributed by atoms with E-state index in [1.165, 1.54) is 0 Å². The smallest absolute Gasteiger partial charge is 0.395 e. The molecular formula is C10H14F3N5O3. The lowest BCUT2D eigenvalue weighted by Crippen LogP contribution is -2.37. The summed E-state index contributed by atoms with van der Waals surface area (Å²) in [5.74, 6) is -0.513. The van der Waals surface area contributed by atoms with Gasteiger partial charge in [-0.3, -0.25) is 10.1 Å². The standard InChI is InChI=1S/C10H14F3N5O3/c1-2-14-9-15-5-7(18(20)21)8(16-9)17(3-4-19)6-10(11,12)13/h5,19H,2-4,6H2,1H3,(H,14,15,16). The second-order valence-corrected chi connectivity index (χ2v) is 3.95. The van der Waals surface area contributed by atoms with Crippen LogP contribution in [0.2, 0.25) is 0 Å². The molecule has 2 N–H and O–H groups in total. The summed E-state index contributed by atoms with van der Waals surface area (Å²) in [6, 6.07) is 0. The fourth-order valence-corrected chi connectivity index (χ4v) is 1.57. The fraction of sp³-hybridized carbons (Fsp3) is 0.600. The van der Waals surface area contributed by atoms with Gasteiger partial charge in [0.05, 0.1) is 11.5 Å². The minimum Gasteiger partial charge on any atom is -0.395 e. The molecule has 0 atom stereocenters. The van der Waals surface area contributed by atoms with Crippen molar-refractivity contribution in [3.63, 3.8) is 0 Å². The Morgan fingerprint density at radius 1 is 1.52 bits per heavy atom. The van der Waals surface area contributed by atoms with Gasteiger partial charge in [0.15, 0.2) is 0 Å². The van der Waals surface area contributed by atoms with Gasteiger partial charge >= 0.3 is 11.9 Å². The molecule has 1 heterocycles. The van der Waals surface area contributed by atoms with Gasteiger partial charge in [0.2, 0.25) is 11.8 Å². The number of hydrogen-bond donors (Lipinski definition) is 2. The van der Waals surface area contributed by atoms with E-state index >= 15 is 0 Å². The molecule has 0 radical (unpaired) electrons. The summed E-state index contributed by atoms with van der Waals surface area (Å²) in [7, 11) is 0. The van der Waals surface area contributed by atoms with Crippen LogP contribution in [0.25, 0.3) is 0 Å². The Morgan fingerprint density at radius 2 is 2.19 bits per heavy atom. The molecule has 21 heavy (non-hydrogen) atoms. The third-order valence-electron chi connectivity index (χ3n) is 2.32. The maximum Gasteiger partial charge on any atom is 0.405 e. The van der Waals surface area contributed by atoms with Crippen molar-refractivity contribution in [3.8, 4) is 0 Å². The average molecular weight is 309 g/mol. The van der Waals surface area contributed by atoms with Crippen molar-refractivity contribution < 1.29 is 23.2 Å². The van der Waals surface area contributed by atoms with E-state index in [0.29, 0.717) is 11.4 Å². The monoisotopic (exact) mass is 309 g/mol. The summed E-state index contributed by atoms with van der Waals surface area (Å²) in [5, 5.41) is 22.4. The Morgan fingerprint density at radius 3 is 2.67 bits per heavy atom. The van der Waals surface area contributed by atoms with Crippen LogP contribution in [0.15, 0.2) is 6.20 Å². The van der Waals surface area contributed by atoms with E-state index in [2.05, 4.69) is 15.3 Å². The number of halogens is 3. The molecule has 0 aliphatic carbocycles. The van der Waals surface area contributed by atoms with Crippen molar-refractivity contribution in [1.82, 2.24) is 9.97 Å². The number of aliphatic hydroxyl groups excluding tert-OH is 1. The summed E-state index contributed by atoms with van der Waals surface area (Å²) >= 11 is 0. The number of anilines is 2. The number of aromatic nitrogens is 2. The highest BCUT2D eigenvalue weighted by atomic mass is 19.4. The summed E-state index contributed by atoms with van der Waals surface area (Å²) in [4.78, 5) is 18.0. The highest BCUT2D eigenvalue weighted by Crippen LogP contribution is 2.28. The molecule has 8 nitrogen and oxygen atoms in total.